The first-order valence-corrected chi connectivity index (χ1v) is 6.11. The number of fused-ring (bicyclic) bond motifs is 1. The van der Waals surface area contributed by atoms with Crippen molar-refractivity contribution in [3.05, 3.63) is 23.7 Å². The highest BCUT2D eigenvalue weighted by molar-refractivity contribution is 5.91. The Kier molecular flexibility index (Phi) is 4.10. The number of carbonyl (C=O) groups is 1. The van der Waals surface area contributed by atoms with Crippen LogP contribution in [0.4, 0.5) is 0 Å². The van der Waals surface area contributed by atoms with E-state index in [0.29, 0.717) is 23.9 Å². The van der Waals surface area contributed by atoms with Crippen LogP contribution in [-0.4, -0.2) is 46.2 Å². The van der Waals surface area contributed by atoms with Gasteiger partial charge in [0.2, 0.25) is 0 Å². The van der Waals surface area contributed by atoms with Crippen LogP contribution in [0.5, 0.6) is 0 Å². The molecule has 1 aliphatic rings. The Morgan fingerprint density at radius 2 is 2.20 bits per heavy atom. The average Bonchev–Trinajstić information content (AvgIpc) is 3.03. The van der Waals surface area contributed by atoms with Crippen molar-refractivity contribution in [2.24, 2.45) is 0 Å². The highest BCUT2D eigenvalue weighted by atomic mass is 35.5. The number of amides is 1. The Labute approximate surface area is 122 Å². The lowest BCUT2D eigenvalue weighted by Crippen LogP contribution is -2.28. The maximum atomic E-state index is 11.8. The van der Waals surface area contributed by atoms with Crippen molar-refractivity contribution in [3.8, 4) is 11.6 Å². The molecule has 108 valence electrons. The fraction of sp³-hybridized carbons (Fsp3) is 0.417. The van der Waals surface area contributed by atoms with Gasteiger partial charge in [0.05, 0.1) is 6.54 Å². The maximum absolute atomic E-state index is 11.8. The summed E-state index contributed by atoms with van der Waals surface area (Å²) in [6.07, 6.45) is 0. The second-order valence-corrected chi connectivity index (χ2v) is 4.63. The molecule has 0 saturated carbocycles. The number of furan rings is 1. The molecule has 0 spiro atoms. The topological polar surface area (TPSA) is 76.2 Å². The van der Waals surface area contributed by atoms with Crippen molar-refractivity contribution in [2.45, 2.75) is 13.1 Å². The lowest BCUT2D eigenvalue weighted by Gasteiger charge is -2.15. The van der Waals surface area contributed by atoms with E-state index in [1.165, 1.54) is 4.90 Å². The number of carbonyl (C=O) groups excluding carboxylic acids is 1. The normalized spacial score (nSPS) is 13.5. The zero-order valence-electron chi connectivity index (χ0n) is 11.3. The van der Waals surface area contributed by atoms with Gasteiger partial charge in [-0.1, -0.05) is 0 Å². The molecule has 7 nitrogen and oxygen atoms in total. The monoisotopic (exact) mass is 297 g/mol. The van der Waals surface area contributed by atoms with E-state index in [0.717, 1.165) is 18.9 Å². The largest absolute Gasteiger partial charge is 0.448 e. The molecule has 0 fully saturated rings. The molecule has 1 aliphatic heterocycles. The summed E-state index contributed by atoms with van der Waals surface area (Å²) in [4.78, 5) is 13.3. The molecule has 2 aromatic rings. The SMILES string of the molecule is CN(C)C(=O)c1ccc(-c2nnc3n2CCNC3)o1.Cl. The summed E-state index contributed by atoms with van der Waals surface area (Å²) in [6.45, 7) is 2.38. The number of aromatic nitrogens is 3. The first-order valence-electron chi connectivity index (χ1n) is 6.11. The third-order valence-electron chi connectivity index (χ3n) is 3.07. The molecule has 2 aromatic heterocycles. The van der Waals surface area contributed by atoms with Crippen LogP contribution >= 0.6 is 12.4 Å². The fourth-order valence-electron chi connectivity index (χ4n) is 2.07. The molecule has 0 aliphatic carbocycles. The van der Waals surface area contributed by atoms with E-state index in [-0.39, 0.29) is 18.3 Å². The first-order chi connectivity index (χ1) is 9.16. The van der Waals surface area contributed by atoms with E-state index in [2.05, 4.69) is 15.5 Å². The molecule has 8 heteroatoms. The van der Waals surface area contributed by atoms with Crippen LogP contribution < -0.4 is 5.32 Å². The van der Waals surface area contributed by atoms with Crippen LogP contribution in [0.25, 0.3) is 11.6 Å². The van der Waals surface area contributed by atoms with Crippen molar-refractivity contribution in [3.63, 3.8) is 0 Å². The van der Waals surface area contributed by atoms with E-state index in [1.54, 1.807) is 26.2 Å². The minimum Gasteiger partial charge on any atom is -0.448 e. The number of nitrogens with zero attached hydrogens (tertiary/aromatic N) is 4. The molecular weight excluding hydrogens is 282 g/mol. The van der Waals surface area contributed by atoms with Gasteiger partial charge < -0.3 is 19.2 Å². The molecule has 3 rings (SSSR count). The van der Waals surface area contributed by atoms with Crippen molar-refractivity contribution >= 4 is 18.3 Å². The van der Waals surface area contributed by atoms with E-state index in [1.807, 2.05) is 4.57 Å². The standard InChI is InChI=1S/C12H15N5O2.ClH/c1-16(2)12(18)9-4-3-8(19-9)11-15-14-10-7-13-5-6-17(10)11;/h3-4,13H,5-7H2,1-2H3;1H. The van der Waals surface area contributed by atoms with Gasteiger partial charge in [-0.2, -0.15) is 0 Å². The number of rotatable bonds is 2. The number of hydrogen-bond donors (Lipinski definition) is 1. The smallest absolute Gasteiger partial charge is 0.289 e. The van der Waals surface area contributed by atoms with Gasteiger partial charge in [-0.25, -0.2) is 0 Å². The van der Waals surface area contributed by atoms with Crippen molar-refractivity contribution < 1.29 is 9.21 Å². The Morgan fingerprint density at radius 1 is 1.40 bits per heavy atom. The Balaban J connectivity index is 0.00000147. The summed E-state index contributed by atoms with van der Waals surface area (Å²) < 4.78 is 7.60. The summed E-state index contributed by atoms with van der Waals surface area (Å²) in [7, 11) is 3.38. The molecule has 0 bridgehead atoms. The average molecular weight is 298 g/mol. The lowest BCUT2D eigenvalue weighted by atomic mass is 10.3. The molecule has 0 unspecified atom stereocenters. The van der Waals surface area contributed by atoms with Crippen LogP contribution in [0.3, 0.4) is 0 Å². The Morgan fingerprint density at radius 3 is 2.95 bits per heavy atom. The zero-order chi connectivity index (χ0) is 13.4. The highest BCUT2D eigenvalue weighted by Crippen LogP contribution is 2.22. The molecule has 1 N–H and O–H groups in total. The molecule has 0 aromatic carbocycles. The third-order valence-corrected chi connectivity index (χ3v) is 3.07. The second kappa shape index (κ2) is 5.64. The molecule has 0 radical (unpaired) electrons. The van der Waals surface area contributed by atoms with Crippen LogP contribution in [-0.2, 0) is 13.1 Å². The number of hydrogen-bond acceptors (Lipinski definition) is 5. The van der Waals surface area contributed by atoms with Crippen LogP contribution in [0.1, 0.15) is 16.4 Å². The molecule has 3 heterocycles. The maximum Gasteiger partial charge on any atom is 0.289 e. The van der Waals surface area contributed by atoms with Crippen LogP contribution in [0, 0.1) is 0 Å². The first kappa shape index (κ1) is 14.5. The van der Waals surface area contributed by atoms with Gasteiger partial charge >= 0.3 is 0 Å². The van der Waals surface area contributed by atoms with Crippen molar-refractivity contribution in [1.29, 1.82) is 0 Å². The molecule has 0 saturated heterocycles. The molecule has 20 heavy (non-hydrogen) atoms. The van der Waals surface area contributed by atoms with Gasteiger partial charge in [0, 0.05) is 27.2 Å². The minimum atomic E-state index is -0.161. The van der Waals surface area contributed by atoms with Crippen LogP contribution in [0.2, 0.25) is 0 Å². The van der Waals surface area contributed by atoms with Crippen LogP contribution in [0.15, 0.2) is 16.5 Å². The predicted molar refractivity (Wildman–Crippen MR) is 74.7 cm³/mol. The summed E-state index contributed by atoms with van der Waals surface area (Å²) in [5, 5.41) is 11.5. The van der Waals surface area contributed by atoms with E-state index in [4.69, 9.17) is 4.42 Å². The minimum absolute atomic E-state index is 0. The van der Waals surface area contributed by atoms with Gasteiger partial charge in [0.25, 0.3) is 5.91 Å². The summed E-state index contributed by atoms with van der Waals surface area (Å²) >= 11 is 0. The zero-order valence-corrected chi connectivity index (χ0v) is 12.1. The third kappa shape index (κ3) is 2.41. The van der Waals surface area contributed by atoms with E-state index < -0.39 is 0 Å². The van der Waals surface area contributed by atoms with Gasteiger partial charge in [-0.15, -0.1) is 22.6 Å². The number of nitrogens with one attached hydrogen (secondary N) is 1. The Bertz CT molecular complexity index is 619. The van der Waals surface area contributed by atoms with E-state index >= 15 is 0 Å². The van der Waals surface area contributed by atoms with Gasteiger partial charge in [0.1, 0.15) is 5.82 Å². The van der Waals surface area contributed by atoms with Crippen molar-refractivity contribution in [2.75, 3.05) is 20.6 Å². The summed E-state index contributed by atoms with van der Waals surface area (Å²) in [6, 6.07) is 3.43. The lowest BCUT2D eigenvalue weighted by molar-refractivity contribution is 0.0797. The fourth-order valence-corrected chi connectivity index (χ4v) is 2.07. The summed E-state index contributed by atoms with van der Waals surface area (Å²) in [5.74, 6) is 2.29. The molecule has 1 amide bonds. The second-order valence-electron chi connectivity index (χ2n) is 4.63. The Hall–Kier alpha value is -1.86. The highest BCUT2D eigenvalue weighted by Gasteiger charge is 2.20. The van der Waals surface area contributed by atoms with Gasteiger partial charge in [-0.3, -0.25) is 4.79 Å². The van der Waals surface area contributed by atoms with Crippen molar-refractivity contribution in [1.82, 2.24) is 25.0 Å². The molecular formula is C12H16ClN5O2. The number of halogens is 1. The predicted octanol–water partition coefficient (Wildman–Crippen LogP) is 0.765. The molecule has 0 atom stereocenters. The van der Waals surface area contributed by atoms with Gasteiger partial charge in [-0.05, 0) is 12.1 Å². The quantitative estimate of drug-likeness (QED) is 0.886. The summed E-state index contributed by atoms with van der Waals surface area (Å²) in [5.41, 5.74) is 0. The van der Waals surface area contributed by atoms with E-state index in [9.17, 15) is 4.79 Å². The van der Waals surface area contributed by atoms with Gasteiger partial charge in [0.15, 0.2) is 17.3 Å².